The van der Waals surface area contributed by atoms with Crippen LogP contribution in [-0.4, -0.2) is 70.9 Å². The Labute approximate surface area is 156 Å². The quantitative estimate of drug-likeness (QED) is 0.726. The Morgan fingerprint density at radius 1 is 1.17 bits per heavy atom. The van der Waals surface area contributed by atoms with Crippen LogP contribution in [0.5, 0.6) is 5.75 Å². The number of hydrogen-bond donors (Lipinski definition) is 1. The zero-order chi connectivity index (χ0) is 15.8. The first-order chi connectivity index (χ1) is 10.7. The Morgan fingerprint density at radius 2 is 1.88 bits per heavy atom. The number of ether oxygens (including phenoxy) is 2. The molecule has 6 nitrogen and oxygen atoms in total. The minimum absolute atomic E-state index is 0. The standard InChI is InChI=1S/C16H25N3O3.2ClH/c1-21-11-6-17-13-16(20)19-9-7-18(8-10-19)14-4-3-5-15(12-14)22-2;;/h3-5,12,17H,6-11,13H2,1-2H3;2*1H. The van der Waals surface area contributed by atoms with Gasteiger partial charge in [-0.15, -0.1) is 24.8 Å². The second kappa shape index (κ2) is 12.2. The Kier molecular flexibility index (Phi) is 11.6. The fraction of sp³-hybridized carbons (Fsp3) is 0.562. The van der Waals surface area contributed by atoms with E-state index in [1.54, 1.807) is 14.2 Å². The molecule has 0 aliphatic carbocycles. The van der Waals surface area contributed by atoms with Crippen molar-refractivity contribution in [3.8, 4) is 5.75 Å². The van der Waals surface area contributed by atoms with Crippen LogP contribution in [0.3, 0.4) is 0 Å². The number of rotatable bonds is 7. The first-order valence-corrected chi connectivity index (χ1v) is 7.61. The molecule has 0 aromatic heterocycles. The third-order valence-electron chi connectivity index (χ3n) is 3.81. The number of amides is 1. The molecule has 138 valence electrons. The molecule has 1 N–H and O–H groups in total. The molecule has 2 rings (SSSR count). The Balaban J connectivity index is 0.00000264. The van der Waals surface area contributed by atoms with Crippen LogP contribution >= 0.6 is 24.8 Å². The molecular formula is C16H27Cl2N3O3. The number of anilines is 1. The summed E-state index contributed by atoms with van der Waals surface area (Å²) >= 11 is 0. The molecule has 1 amide bonds. The van der Waals surface area contributed by atoms with Crippen molar-refractivity contribution in [3.05, 3.63) is 24.3 Å². The highest BCUT2D eigenvalue weighted by Crippen LogP contribution is 2.22. The van der Waals surface area contributed by atoms with E-state index in [0.29, 0.717) is 19.7 Å². The highest BCUT2D eigenvalue weighted by molar-refractivity contribution is 5.85. The van der Waals surface area contributed by atoms with Gasteiger partial charge in [0.15, 0.2) is 0 Å². The molecule has 0 atom stereocenters. The smallest absolute Gasteiger partial charge is 0.236 e. The van der Waals surface area contributed by atoms with Gasteiger partial charge >= 0.3 is 0 Å². The van der Waals surface area contributed by atoms with Crippen LogP contribution in [0, 0.1) is 0 Å². The van der Waals surface area contributed by atoms with Crippen molar-refractivity contribution in [1.29, 1.82) is 0 Å². The van der Waals surface area contributed by atoms with Gasteiger partial charge in [-0.25, -0.2) is 0 Å². The molecule has 8 heteroatoms. The predicted molar refractivity (Wildman–Crippen MR) is 101 cm³/mol. The third-order valence-corrected chi connectivity index (χ3v) is 3.81. The third kappa shape index (κ3) is 6.73. The van der Waals surface area contributed by atoms with E-state index in [9.17, 15) is 4.79 Å². The summed E-state index contributed by atoms with van der Waals surface area (Å²) in [4.78, 5) is 16.3. The lowest BCUT2D eigenvalue weighted by Gasteiger charge is -2.36. The first-order valence-electron chi connectivity index (χ1n) is 7.61. The number of hydrogen-bond acceptors (Lipinski definition) is 5. The number of methoxy groups -OCH3 is 2. The lowest BCUT2D eigenvalue weighted by molar-refractivity contribution is -0.130. The van der Waals surface area contributed by atoms with Gasteiger partial charge in [0.1, 0.15) is 5.75 Å². The van der Waals surface area contributed by atoms with E-state index in [-0.39, 0.29) is 30.7 Å². The molecule has 0 unspecified atom stereocenters. The lowest BCUT2D eigenvalue weighted by atomic mass is 10.2. The van der Waals surface area contributed by atoms with Crippen LogP contribution in [0.25, 0.3) is 0 Å². The molecule has 1 heterocycles. The molecule has 1 aromatic rings. The van der Waals surface area contributed by atoms with E-state index in [1.807, 2.05) is 23.1 Å². The highest BCUT2D eigenvalue weighted by atomic mass is 35.5. The number of carbonyl (C=O) groups is 1. The molecule has 1 aliphatic heterocycles. The molecule has 0 radical (unpaired) electrons. The van der Waals surface area contributed by atoms with Gasteiger partial charge in [-0.05, 0) is 12.1 Å². The lowest BCUT2D eigenvalue weighted by Crippen LogP contribution is -2.51. The summed E-state index contributed by atoms with van der Waals surface area (Å²) in [6.45, 7) is 4.89. The summed E-state index contributed by atoms with van der Waals surface area (Å²) in [5.74, 6) is 1.01. The van der Waals surface area contributed by atoms with E-state index in [0.717, 1.165) is 37.6 Å². The summed E-state index contributed by atoms with van der Waals surface area (Å²) in [7, 11) is 3.33. The van der Waals surface area contributed by atoms with E-state index >= 15 is 0 Å². The van der Waals surface area contributed by atoms with Crippen molar-refractivity contribution in [3.63, 3.8) is 0 Å². The summed E-state index contributed by atoms with van der Waals surface area (Å²) in [5, 5.41) is 3.10. The number of halogens is 2. The van der Waals surface area contributed by atoms with Crippen LogP contribution in [0.1, 0.15) is 0 Å². The molecule has 1 aromatic carbocycles. The molecule has 1 aliphatic rings. The van der Waals surface area contributed by atoms with Crippen molar-refractivity contribution < 1.29 is 14.3 Å². The van der Waals surface area contributed by atoms with Gasteiger partial charge in [-0.1, -0.05) is 6.07 Å². The topological polar surface area (TPSA) is 54.0 Å². The second-order valence-corrected chi connectivity index (χ2v) is 5.24. The summed E-state index contributed by atoms with van der Waals surface area (Å²) in [6.07, 6.45) is 0. The largest absolute Gasteiger partial charge is 0.497 e. The number of carbonyl (C=O) groups excluding carboxylic acids is 1. The summed E-state index contributed by atoms with van der Waals surface area (Å²) in [6, 6.07) is 8.04. The minimum atomic E-state index is 0. The van der Waals surface area contributed by atoms with Gasteiger partial charge in [0.05, 0.1) is 20.3 Å². The number of benzene rings is 1. The first kappa shape index (κ1) is 22.8. The van der Waals surface area contributed by atoms with Crippen molar-refractivity contribution in [2.45, 2.75) is 0 Å². The zero-order valence-corrected chi connectivity index (χ0v) is 15.8. The van der Waals surface area contributed by atoms with Gasteiger partial charge in [-0.2, -0.15) is 0 Å². The molecular weight excluding hydrogens is 353 g/mol. The Morgan fingerprint density at radius 3 is 2.50 bits per heavy atom. The molecule has 0 bridgehead atoms. The van der Waals surface area contributed by atoms with Crippen molar-refractivity contribution in [2.75, 3.05) is 65.0 Å². The maximum absolute atomic E-state index is 12.1. The SMILES string of the molecule is COCCNCC(=O)N1CCN(c2cccc(OC)c2)CC1.Cl.Cl. The monoisotopic (exact) mass is 379 g/mol. The van der Waals surface area contributed by atoms with Gasteiger partial charge < -0.3 is 24.6 Å². The maximum atomic E-state index is 12.1. The zero-order valence-electron chi connectivity index (χ0n) is 14.2. The number of nitrogens with zero attached hydrogens (tertiary/aromatic N) is 2. The van der Waals surface area contributed by atoms with E-state index in [1.165, 1.54) is 0 Å². The molecule has 0 spiro atoms. The van der Waals surface area contributed by atoms with Crippen LogP contribution in [-0.2, 0) is 9.53 Å². The average molecular weight is 380 g/mol. The Bertz CT molecular complexity index is 483. The van der Waals surface area contributed by atoms with Crippen LogP contribution in [0.15, 0.2) is 24.3 Å². The number of piperazine rings is 1. The van der Waals surface area contributed by atoms with Gasteiger partial charge in [0.25, 0.3) is 0 Å². The molecule has 1 fully saturated rings. The fourth-order valence-corrected chi connectivity index (χ4v) is 2.50. The van der Waals surface area contributed by atoms with Crippen LogP contribution in [0.4, 0.5) is 5.69 Å². The second-order valence-electron chi connectivity index (χ2n) is 5.24. The minimum Gasteiger partial charge on any atom is -0.497 e. The molecule has 1 saturated heterocycles. The van der Waals surface area contributed by atoms with E-state index in [4.69, 9.17) is 9.47 Å². The number of nitrogens with one attached hydrogen (secondary N) is 1. The predicted octanol–water partition coefficient (Wildman–Crippen LogP) is 1.42. The van der Waals surface area contributed by atoms with E-state index in [2.05, 4.69) is 16.3 Å². The van der Waals surface area contributed by atoms with Gasteiger partial charge in [0.2, 0.25) is 5.91 Å². The molecule has 24 heavy (non-hydrogen) atoms. The fourth-order valence-electron chi connectivity index (χ4n) is 2.50. The van der Waals surface area contributed by atoms with Crippen molar-refractivity contribution in [1.82, 2.24) is 10.2 Å². The summed E-state index contributed by atoms with van der Waals surface area (Å²) < 4.78 is 10.2. The normalized spacial score (nSPS) is 13.8. The maximum Gasteiger partial charge on any atom is 0.236 e. The van der Waals surface area contributed by atoms with Crippen LogP contribution in [0.2, 0.25) is 0 Å². The average Bonchev–Trinajstić information content (AvgIpc) is 2.59. The van der Waals surface area contributed by atoms with Crippen LogP contribution < -0.4 is 15.0 Å². The molecule has 0 saturated carbocycles. The van der Waals surface area contributed by atoms with Gasteiger partial charge in [-0.3, -0.25) is 4.79 Å². The van der Waals surface area contributed by atoms with Crippen molar-refractivity contribution in [2.24, 2.45) is 0 Å². The van der Waals surface area contributed by atoms with E-state index < -0.39 is 0 Å². The van der Waals surface area contributed by atoms with Crippen molar-refractivity contribution >= 4 is 36.4 Å². The highest BCUT2D eigenvalue weighted by Gasteiger charge is 2.21. The van der Waals surface area contributed by atoms with Gasteiger partial charge in [0, 0.05) is 51.6 Å². The Hall–Kier alpha value is -1.21. The summed E-state index contributed by atoms with van der Waals surface area (Å²) in [5.41, 5.74) is 1.14.